The second kappa shape index (κ2) is 3.69. The Morgan fingerprint density at radius 3 is 3.12 bits per heavy atom. The topological polar surface area (TPSA) is 58.0 Å². The number of hydrogen-bond donors (Lipinski definition) is 2. The van der Waals surface area contributed by atoms with Crippen molar-refractivity contribution in [3.8, 4) is 0 Å². The Morgan fingerprint density at radius 2 is 2.25 bits per heavy atom. The summed E-state index contributed by atoms with van der Waals surface area (Å²) in [5, 5.41) is 10.1. The zero-order chi connectivity index (χ0) is 10.8. The van der Waals surface area contributed by atoms with Crippen molar-refractivity contribution in [1.82, 2.24) is 19.6 Å². The Hall–Kier alpha value is -2.30. The van der Waals surface area contributed by atoms with Crippen LogP contribution in [0.1, 0.15) is 5.69 Å². The summed E-state index contributed by atoms with van der Waals surface area (Å²) in [5.74, 6) is 1.02. The molecule has 0 aliphatic rings. The molecule has 2 N–H and O–H groups in total. The number of fused-ring (bicyclic) bond motifs is 1. The van der Waals surface area contributed by atoms with Crippen molar-refractivity contribution in [2.45, 2.75) is 6.54 Å². The van der Waals surface area contributed by atoms with Crippen molar-refractivity contribution in [3.63, 3.8) is 0 Å². The van der Waals surface area contributed by atoms with Gasteiger partial charge in [-0.1, -0.05) is 6.07 Å². The monoisotopic (exact) mass is 213 g/mol. The lowest BCUT2D eigenvalue weighted by atomic mass is 10.4. The van der Waals surface area contributed by atoms with Gasteiger partial charge in [-0.25, -0.2) is 4.98 Å². The molecular weight excluding hydrogens is 202 g/mol. The van der Waals surface area contributed by atoms with Gasteiger partial charge in [0.15, 0.2) is 0 Å². The van der Waals surface area contributed by atoms with E-state index in [1.807, 2.05) is 34.9 Å². The number of imidazole rings is 1. The van der Waals surface area contributed by atoms with E-state index in [9.17, 15) is 0 Å². The number of aromatic nitrogens is 4. The molecule has 3 heterocycles. The van der Waals surface area contributed by atoms with Gasteiger partial charge in [0.1, 0.15) is 11.5 Å². The number of hydrogen-bond acceptors (Lipinski definition) is 3. The highest BCUT2D eigenvalue weighted by atomic mass is 15.1. The molecule has 3 rings (SSSR count). The minimum Gasteiger partial charge on any atom is -0.366 e. The van der Waals surface area contributed by atoms with E-state index < -0.39 is 0 Å². The molecule has 0 aliphatic heterocycles. The SMILES string of the molecule is c1cc(NCc2ccn[nH]2)n2ccnc2c1. The number of nitrogens with zero attached hydrogens (tertiary/aromatic N) is 3. The van der Waals surface area contributed by atoms with Crippen LogP contribution in [-0.4, -0.2) is 19.6 Å². The fraction of sp³-hybridized carbons (Fsp3) is 0.0909. The Morgan fingerprint density at radius 1 is 1.25 bits per heavy atom. The fourth-order valence-electron chi connectivity index (χ4n) is 1.66. The highest BCUT2D eigenvalue weighted by molar-refractivity contribution is 5.49. The first-order chi connectivity index (χ1) is 7.93. The van der Waals surface area contributed by atoms with Gasteiger partial charge >= 0.3 is 0 Å². The van der Waals surface area contributed by atoms with Crippen LogP contribution >= 0.6 is 0 Å². The van der Waals surface area contributed by atoms with Crippen molar-refractivity contribution in [2.24, 2.45) is 0 Å². The first kappa shape index (κ1) is 8.96. The molecule has 0 bridgehead atoms. The van der Waals surface area contributed by atoms with Crippen LogP contribution in [0.2, 0.25) is 0 Å². The molecule has 0 radical (unpaired) electrons. The zero-order valence-electron chi connectivity index (χ0n) is 8.59. The molecular formula is C11H11N5. The predicted molar refractivity (Wildman–Crippen MR) is 61.1 cm³/mol. The van der Waals surface area contributed by atoms with Crippen LogP contribution in [0.3, 0.4) is 0 Å². The van der Waals surface area contributed by atoms with Gasteiger partial charge in [-0.3, -0.25) is 9.50 Å². The van der Waals surface area contributed by atoms with E-state index in [2.05, 4.69) is 20.5 Å². The molecule has 5 nitrogen and oxygen atoms in total. The van der Waals surface area contributed by atoms with Gasteiger partial charge in [0.05, 0.1) is 12.2 Å². The number of pyridine rings is 1. The third-order valence-electron chi connectivity index (χ3n) is 2.45. The Kier molecular flexibility index (Phi) is 2.07. The maximum atomic E-state index is 4.23. The van der Waals surface area contributed by atoms with Crippen molar-refractivity contribution in [2.75, 3.05) is 5.32 Å². The van der Waals surface area contributed by atoms with Gasteiger partial charge in [0.25, 0.3) is 0 Å². The van der Waals surface area contributed by atoms with E-state index in [4.69, 9.17) is 0 Å². The molecule has 0 amide bonds. The molecule has 0 aromatic carbocycles. The van der Waals surface area contributed by atoms with Gasteiger partial charge in [-0.15, -0.1) is 0 Å². The summed E-state index contributed by atoms with van der Waals surface area (Å²) in [5.41, 5.74) is 1.99. The molecule has 0 saturated carbocycles. The molecule has 5 heteroatoms. The highest BCUT2D eigenvalue weighted by Crippen LogP contribution is 2.11. The molecule has 0 unspecified atom stereocenters. The van der Waals surface area contributed by atoms with Crippen molar-refractivity contribution in [3.05, 3.63) is 48.5 Å². The number of anilines is 1. The summed E-state index contributed by atoms with van der Waals surface area (Å²) in [4.78, 5) is 4.23. The molecule has 0 fully saturated rings. The van der Waals surface area contributed by atoms with Crippen LogP contribution in [0.5, 0.6) is 0 Å². The molecule has 80 valence electrons. The molecule has 0 atom stereocenters. The second-order valence-electron chi connectivity index (χ2n) is 3.50. The minimum absolute atomic E-state index is 0.720. The molecule has 0 aliphatic carbocycles. The smallest absolute Gasteiger partial charge is 0.138 e. The van der Waals surface area contributed by atoms with E-state index in [-0.39, 0.29) is 0 Å². The van der Waals surface area contributed by atoms with E-state index in [1.54, 1.807) is 12.4 Å². The summed E-state index contributed by atoms with van der Waals surface area (Å²) in [6, 6.07) is 7.92. The number of nitrogens with one attached hydrogen (secondary N) is 2. The maximum Gasteiger partial charge on any atom is 0.138 e. The van der Waals surface area contributed by atoms with Gasteiger partial charge in [-0.05, 0) is 18.2 Å². The molecule has 0 saturated heterocycles. The lowest BCUT2D eigenvalue weighted by Crippen LogP contribution is -2.03. The van der Waals surface area contributed by atoms with Crippen LogP contribution < -0.4 is 5.32 Å². The summed E-state index contributed by atoms with van der Waals surface area (Å²) < 4.78 is 2.01. The summed E-state index contributed by atoms with van der Waals surface area (Å²) >= 11 is 0. The molecule has 3 aromatic rings. The van der Waals surface area contributed by atoms with Crippen molar-refractivity contribution < 1.29 is 0 Å². The Bertz CT molecular complexity index is 581. The van der Waals surface area contributed by atoms with Gasteiger partial charge in [0.2, 0.25) is 0 Å². The lowest BCUT2D eigenvalue weighted by molar-refractivity contribution is 0.968. The molecule has 3 aromatic heterocycles. The third kappa shape index (κ3) is 1.52. The average Bonchev–Trinajstić information content (AvgIpc) is 2.97. The normalized spacial score (nSPS) is 10.8. The van der Waals surface area contributed by atoms with Crippen LogP contribution in [0.15, 0.2) is 42.9 Å². The van der Waals surface area contributed by atoms with E-state index >= 15 is 0 Å². The van der Waals surface area contributed by atoms with Crippen LogP contribution in [0, 0.1) is 0 Å². The summed E-state index contributed by atoms with van der Waals surface area (Å²) in [6.45, 7) is 0.720. The summed E-state index contributed by atoms with van der Waals surface area (Å²) in [6.07, 6.45) is 5.47. The standard InChI is InChI=1S/C11H11N5/c1-2-10-12-6-7-16(10)11(3-1)13-8-9-4-5-14-15-9/h1-7,13H,8H2,(H,14,15). The lowest BCUT2D eigenvalue weighted by Gasteiger charge is -2.07. The first-order valence-electron chi connectivity index (χ1n) is 5.08. The minimum atomic E-state index is 0.720. The predicted octanol–water partition coefficient (Wildman–Crippen LogP) is 1.67. The summed E-state index contributed by atoms with van der Waals surface area (Å²) in [7, 11) is 0. The van der Waals surface area contributed by atoms with Crippen LogP contribution in [-0.2, 0) is 6.54 Å². The van der Waals surface area contributed by atoms with Crippen LogP contribution in [0.4, 0.5) is 5.82 Å². The van der Waals surface area contributed by atoms with Crippen molar-refractivity contribution >= 4 is 11.5 Å². The van der Waals surface area contributed by atoms with E-state index in [1.165, 1.54) is 0 Å². The van der Waals surface area contributed by atoms with E-state index in [0.29, 0.717) is 0 Å². The van der Waals surface area contributed by atoms with E-state index in [0.717, 1.165) is 23.7 Å². The first-order valence-corrected chi connectivity index (χ1v) is 5.08. The van der Waals surface area contributed by atoms with Gasteiger partial charge < -0.3 is 5.32 Å². The quantitative estimate of drug-likeness (QED) is 0.695. The fourth-order valence-corrected chi connectivity index (χ4v) is 1.66. The number of H-pyrrole nitrogens is 1. The van der Waals surface area contributed by atoms with Gasteiger partial charge in [-0.2, -0.15) is 5.10 Å². The Balaban J connectivity index is 1.86. The number of aromatic amines is 1. The van der Waals surface area contributed by atoms with Gasteiger partial charge in [0, 0.05) is 18.6 Å². The highest BCUT2D eigenvalue weighted by Gasteiger charge is 2.00. The van der Waals surface area contributed by atoms with Crippen molar-refractivity contribution in [1.29, 1.82) is 0 Å². The third-order valence-corrected chi connectivity index (χ3v) is 2.45. The Labute approximate surface area is 92.1 Å². The second-order valence-corrected chi connectivity index (χ2v) is 3.50. The largest absolute Gasteiger partial charge is 0.366 e. The maximum absolute atomic E-state index is 4.23. The molecule has 16 heavy (non-hydrogen) atoms. The molecule has 0 spiro atoms. The average molecular weight is 213 g/mol. The van der Waals surface area contributed by atoms with Crippen LogP contribution in [0.25, 0.3) is 5.65 Å². The zero-order valence-corrected chi connectivity index (χ0v) is 8.59. The number of rotatable bonds is 3.